The van der Waals surface area contributed by atoms with Crippen LogP contribution >= 0.6 is 7.60 Å². The maximum absolute atomic E-state index is 10.0. The zero-order chi connectivity index (χ0) is 7.65. The van der Waals surface area contributed by atoms with Gasteiger partial charge in [0.05, 0.1) is 0 Å². The Labute approximate surface area is 51.5 Å². The third-order valence-corrected chi connectivity index (χ3v) is 1.68. The molecule has 0 saturated carbocycles. The van der Waals surface area contributed by atoms with Gasteiger partial charge in [-0.3, -0.25) is 9.36 Å². The van der Waals surface area contributed by atoms with Crippen LogP contribution in [-0.4, -0.2) is 26.5 Å². The van der Waals surface area contributed by atoms with Crippen LogP contribution in [0.1, 0.15) is 6.92 Å². The van der Waals surface area contributed by atoms with Crippen LogP contribution in [0.3, 0.4) is 0 Å². The predicted molar refractivity (Wildman–Crippen MR) is 28.7 cm³/mol. The zero-order valence-corrected chi connectivity index (χ0v) is 5.58. The average molecular weight is 154 g/mol. The van der Waals surface area contributed by atoms with Crippen LogP contribution in [0.15, 0.2) is 0 Å². The highest BCUT2D eigenvalue weighted by Crippen LogP contribution is 2.39. The van der Waals surface area contributed by atoms with Crippen LogP contribution in [0.4, 0.5) is 0 Å². The minimum Gasteiger partial charge on any atom is -0.374 e. The predicted octanol–water partition coefficient (Wildman–Crippen LogP) is -0.929. The number of hydrogen-bond acceptors (Lipinski definition) is 3. The number of hydrogen-bond donors (Lipinski definition) is 3. The highest BCUT2D eigenvalue weighted by molar-refractivity contribution is 7.53. The zero-order valence-electron chi connectivity index (χ0n) is 4.68. The quantitative estimate of drug-likeness (QED) is 0.446. The van der Waals surface area contributed by atoms with E-state index in [1.165, 1.54) is 0 Å². The Morgan fingerprint density at radius 3 is 1.89 bits per heavy atom. The van der Waals surface area contributed by atoms with E-state index in [0.717, 1.165) is 6.92 Å². The van der Waals surface area contributed by atoms with Crippen LogP contribution in [0.5, 0.6) is 0 Å². The maximum Gasteiger partial charge on any atom is 0.361 e. The van der Waals surface area contributed by atoms with Crippen LogP contribution in [-0.2, 0) is 9.36 Å². The van der Waals surface area contributed by atoms with E-state index in [0.29, 0.717) is 0 Å². The monoisotopic (exact) mass is 154 g/mol. The molecule has 1 atom stereocenters. The molecule has 0 aliphatic carbocycles. The minimum atomic E-state index is -4.61. The SMILES string of the molecule is CC(=O)[C@H](O)P(=O)(O)O. The fourth-order valence-electron chi connectivity index (χ4n) is 0.237. The van der Waals surface area contributed by atoms with Gasteiger partial charge >= 0.3 is 7.60 Å². The van der Waals surface area contributed by atoms with Gasteiger partial charge < -0.3 is 14.9 Å². The number of aliphatic hydroxyl groups is 1. The lowest BCUT2D eigenvalue weighted by atomic mass is 10.5. The molecule has 9 heavy (non-hydrogen) atoms. The highest BCUT2D eigenvalue weighted by Gasteiger charge is 2.29. The van der Waals surface area contributed by atoms with E-state index in [2.05, 4.69) is 0 Å². The van der Waals surface area contributed by atoms with Crippen molar-refractivity contribution in [2.24, 2.45) is 0 Å². The third kappa shape index (κ3) is 2.72. The molecule has 0 spiro atoms. The number of carbonyl (C=O) groups excluding carboxylic acids is 1. The topological polar surface area (TPSA) is 94.8 Å². The summed E-state index contributed by atoms with van der Waals surface area (Å²) in [6, 6.07) is 0. The summed E-state index contributed by atoms with van der Waals surface area (Å²) in [5.41, 5.74) is 0. The fraction of sp³-hybridized carbons (Fsp3) is 0.667. The smallest absolute Gasteiger partial charge is 0.361 e. The molecule has 0 aliphatic rings. The molecule has 0 fully saturated rings. The molecule has 0 bridgehead atoms. The van der Waals surface area contributed by atoms with Crippen molar-refractivity contribution in [1.82, 2.24) is 0 Å². The van der Waals surface area contributed by atoms with Crippen molar-refractivity contribution in [2.75, 3.05) is 0 Å². The first-order valence-electron chi connectivity index (χ1n) is 2.09. The van der Waals surface area contributed by atoms with Gasteiger partial charge in [-0.25, -0.2) is 0 Å². The van der Waals surface area contributed by atoms with Crippen molar-refractivity contribution >= 4 is 13.4 Å². The first-order chi connectivity index (χ1) is 3.85. The molecule has 54 valence electrons. The summed E-state index contributed by atoms with van der Waals surface area (Å²) in [7, 11) is -4.61. The molecule has 0 radical (unpaired) electrons. The molecule has 0 unspecified atom stereocenters. The molecule has 0 aromatic heterocycles. The van der Waals surface area contributed by atoms with E-state index in [4.69, 9.17) is 14.9 Å². The van der Waals surface area contributed by atoms with Crippen LogP contribution in [0.25, 0.3) is 0 Å². The molecule has 0 saturated heterocycles. The van der Waals surface area contributed by atoms with Crippen molar-refractivity contribution in [1.29, 1.82) is 0 Å². The lowest BCUT2D eigenvalue weighted by molar-refractivity contribution is -0.121. The minimum absolute atomic E-state index is 0.907. The standard InChI is InChI=1S/C3H7O5P/c1-2(4)3(5)9(6,7)8/h3,5H,1H3,(H2,6,7,8)/t3-/m1/s1. The van der Waals surface area contributed by atoms with E-state index < -0.39 is 19.2 Å². The van der Waals surface area contributed by atoms with Gasteiger partial charge in [0.25, 0.3) is 0 Å². The largest absolute Gasteiger partial charge is 0.374 e. The lowest BCUT2D eigenvalue weighted by Gasteiger charge is -2.06. The Bertz CT molecular complexity index is 158. The molecule has 3 N–H and O–H groups in total. The molecule has 0 aromatic carbocycles. The average Bonchev–Trinajstić information content (AvgIpc) is 1.62. The van der Waals surface area contributed by atoms with Gasteiger partial charge in [0, 0.05) is 0 Å². The molecule has 6 heteroatoms. The maximum atomic E-state index is 10.0. The Hall–Kier alpha value is -0.220. The molecule has 0 aliphatic heterocycles. The van der Waals surface area contributed by atoms with Crippen molar-refractivity contribution < 1.29 is 24.3 Å². The third-order valence-electron chi connectivity index (χ3n) is 0.682. The van der Waals surface area contributed by atoms with Gasteiger partial charge in [0.2, 0.25) is 5.85 Å². The number of carbonyl (C=O) groups is 1. The molecule has 0 heterocycles. The molecule has 0 amide bonds. The Kier molecular flexibility index (Phi) is 2.51. The summed E-state index contributed by atoms with van der Waals surface area (Å²) in [6.07, 6.45) is 0. The van der Waals surface area contributed by atoms with Gasteiger partial charge in [-0.15, -0.1) is 0 Å². The van der Waals surface area contributed by atoms with Crippen molar-refractivity contribution in [3.05, 3.63) is 0 Å². The Morgan fingerprint density at radius 1 is 1.56 bits per heavy atom. The summed E-state index contributed by atoms with van der Waals surface area (Å²) in [5.74, 6) is -3.08. The molecule has 0 aromatic rings. The Balaban J connectivity index is 4.23. The summed E-state index contributed by atoms with van der Waals surface area (Å²) in [6.45, 7) is 0.907. The van der Waals surface area contributed by atoms with E-state index in [1.807, 2.05) is 0 Å². The van der Waals surface area contributed by atoms with E-state index >= 15 is 0 Å². The number of aliphatic hydroxyl groups excluding tert-OH is 1. The van der Waals surface area contributed by atoms with E-state index in [9.17, 15) is 9.36 Å². The Morgan fingerprint density at radius 2 is 1.89 bits per heavy atom. The summed E-state index contributed by atoms with van der Waals surface area (Å²) in [5, 5.41) is 8.35. The van der Waals surface area contributed by atoms with Crippen LogP contribution < -0.4 is 0 Å². The summed E-state index contributed by atoms with van der Waals surface area (Å²) >= 11 is 0. The number of rotatable bonds is 2. The van der Waals surface area contributed by atoms with Gasteiger partial charge in [-0.2, -0.15) is 0 Å². The van der Waals surface area contributed by atoms with E-state index in [1.54, 1.807) is 0 Å². The normalized spacial score (nSPS) is 15.1. The number of Topliss-reactive ketones (excluding diaryl/α,β-unsaturated/α-hetero) is 1. The highest BCUT2D eigenvalue weighted by atomic mass is 31.2. The second kappa shape index (κ2) is 2.58. The number of ketones is 1. The second-order valence-corrected chi connectivity index (χ2v) is 3.24. The van der Waals surface area contributed by atoms with Crippen molar-refractivity contribution in [3.8, 4) is 0 Å². The van der Waals surface area contributed by atoms with Crippen molar-refractivity contribution in [2.45, 2.75) is 12.8 Å². The lowest BCUT2D eigenvalue weighted by Crippen LogP contribution is -2.16. The van der Waals surface area contributed by atoms with E-state index in [-0.39, 0.29) is 0 Å². The summed E-state index contributed by atoms with van der Waals surface area (Å²) in [4.78, 5) is 26.2. The van der Waals surface area contributed by atoms with Crippen molar-refractivity contribution in [3.63, 3.8) is 0 Å². The molecule has 5 nitrogen and oxygen atoms in total. The molecular formula is C3H7O5P. The van der Waals surface area contributed by atoms with Gasteiger partial charge in [0.1, 0.15) is 0 Å². The van der Waals surface area contributed by atoms with Crippen LogP contribution in [0, 0.1) is 0 Å². The first kappa shape index (κ1) is 8.78. The summed E-state index contributed by atoms with van der Waals surface area (Å²) < 4.78 is 10.00. The fourth-order valence-corrected chi connectivity index (χ4v) is 0.710. The second-order valence-electron chi connectivity index (χ2n) is 1.57. The molecular weight excluding hydrogens is 147 g/mol. The van der Waals surface area contributed by atoms with Crippen LogP contribution in [0.2, 0.25) is 0 Å². The first-order valence-corrected chi connectivity index (χ1v) is 3.77. The molecule has 0 rings (SSSR count). The van der Waals surface area contributed by atoms with Gasteiger partial charge in [-0.05, 0) is 6.92 Å². The van der Waals surface area contributed by atoms with Gasteiger partial charge in [-0.1, -0.05) is 0 Å². The van der Waals surface area contributed by atoms with Gasteiger partial charge in [0.15, 0.2) is 5.78 Å².